The number of hydrazine groups is 1. The minimum atomic E-state index is 0.217. The molecule has 1 heterocycles. The lowest BCUT2D eigenvalue weighted by Crippen LogP contribution is -2.42. The van der Waals surface area contributed by atoms with Gasteiger partial charge in [0.25, 0.3) is 0 Å². The fraction of sp³-hybridized carbons (Fsp3) is 0.500. The molecule has 0 spiro atoms. The first kappa shape index (κ1) is 13.1. The number of nitrogens with two attached hydrogens (primary N) is 1. The molecule has 0 amide bonds. The summed E-state index contributed by atoms with van der Waals surface area (Å²) in [7, 11) is 0. The molecule has 0 aromatic heterocycles. The van der Waals surface area contributed by atoms with Crippen LogP contribution >= 0.6 is 23.2 Å². The summed E-state index contributed by atoms with van der Waals surface area (Å²) in [5.41, 5.74) is 4.00. The van der Waals surface area contributed by atoms with Crippen molar-refractivity contribution in [2.24, 2.45) is 11.8 Å². The molecule has 0 saturated carbocycles. The Balaban J connectivity index is 2.04. The van der Waals surface area contributed by atoms with Crippen LogP contribution in [0, 0.1) is 5.92 Å². The van der Waals surface area contributed by atoms with E-state index in [1.54, 1.807) is 0 Å². The van der Waals surface area contributed by atoms with Crippen molar-refractivity contribution in [2.45, 2.75) is 18.9 Å². The average Bonchev–Trinajstić information content (AvgIpc) is 2.84. The zero-order chi connectivity index (χ0) is 12.3. The summed E-state index contributed by atoms with van der Waals surface area (Å²) < 4.78 is 5.38. The fourth-order valence-electron chi connectivity index (χ4n) is 2.15. The molecule has 1 aromatic carbocycles. The molecular weight excluding hydrogens is 259 g/mol. The summed E-state index contributed by atoms with van der Waals surface area (Å²) in [6.45, 7) is 1.60. The number of hydrogen-bond donors (Lipinski definition) is 2. The first-order chi connectivity index (χ1) is 8.20. The first-order valence-corrected chi connectivity index (χ1v) is 6.44. The van der Waals surface area contributed by atoms with Gasteiger partial charge in [-0.1, -0.05) is 29.3 Å². The van der Waals surface area contributed by atoms with Crippen molar-refractivity contribution in [2.75, 3.05) is 13.2 Å². The molecule has 94 valence electrons. The van der Waals surface area contributed by atoms with Gasteiger partial charge in [-0.25, -0.2) is 0 Å². The second-order valence-corrected chi connectivity index (χ2v) is 5.16. The molecule has 1 aliphatic heterocycles. The molecule has 2 rings (SSSR count). The highest BCUT2D eigenvalue weighted by Gasteiger charge is 2.25. The van der Waals surface area contributed by atoms with Crippen LogP contribution in [0.4, 0.5) is 0 Å². The van der Waals surface area contributed by atoms with Gasteiger partial charge >= 0.3 is 0 Å². The van der Waals surface area contributed by atoms with Gasteiger partial charge in [0.1, 0.15) is 0 Å². The lowest BCUT2D eigenvalue weighted by molar-refractivity contribution is 0.176. The van der Waals surface area contributed by atoms with Crippen molar-refractivity contribution in [3.8, 4) is 0 Å². The van der Waals surface area contributed by atoms with Crippen LogP contribution in [0.5, 0.6) is 0 Å². The van der Waals surface area contributed by atoms with E-state index < -0.39 is 0 Å². The SMILES string of the molecule is NNC(Cc1ccc(Cl)c(Cl)c1)C1CCOC1. The molecule has 3 N–H and O–H groups in total. The Labute approximate surface area is 111 Å². The normalized spacial score (nSPS) is 21.7. The average molecular weight is 275 g/mol. The van der Waals surface area contributed by atoms with Crippen LogP contribution in [0.3, 0.4) is 0 Å². The van der Waals surface area contributed by atoms with E-state index >= 15 is 0 Å². The summed E-state index contributed by atoms with van der Waals surface area (Å²) >= 11 is 11.9. The maximum Gasteiger partial charge on any atom is 0.0595 e. The van der Waals surface area contributed by atoms with Gasteiger partial charge in [0.15, 0.2) is 0 Å². The van der Waals surface area contributed by atoms with Crippen LogP contribution in [-0.4, -0.2) is 19.3 Å². The predicted molar refractivity (Wildman–Crippen MR) is 70.2 cm³/mol. The van der Waals surface area contributed by atoms with Gasteiger partial charge in [0.2, 0.25) is 0 Å². The minimum absolute atomic E-state index is 0.217. The molecule has 0 aliphatic carbocycles. The number of nitrogens with one attached hydrogen (secondary N) is 1. The largest absolute Gasteiger partial charge is 0.381 e. The van der Waals surface area contributed by atoms with Crippen LogP contribution in [0.15, 0.2) is 18.2 Å². The second kappa shape index (κ2) is 6.03. The molecular formula is C12H16Cl2N2O. The smallest absolute Gasteiger partial charge is 0.0595 e. The zero-order valence-electron chi connectivity index (χ0n) is 9.46. The Hall–Kier alpha value is -0.320. The van der Waals surface area contributed by atoms with Gasteiger partial charge in [-0.15, -0.1) is 0 Å². The summed E-state index contributed by atoms with van der Waals surface area (Å²) in [6.07, 6.45) is 1.89. The van der Waals surface area contributed by atoms with Crippen molar-refractivity contribution in [1.82, 2.24) is 5.43 Å². The number of ether oxygens (including phenoxy) is 1. The summed E-state index contributed by atoms with van der Waals surface area (Å²) in [5, 5.41) is 1.17. The predicted octanol–water partition coefficient (Wildman–Crippen LogP) is 2.40. The second-order valence-electron chi connectivity index (χ2n) is 4.35. The summed E-state index contributed by atoms with van der Waals surface area (Å²) in [4.78, 5) is 0. The van der Waals surface area contributed by atoms with Gasteiger partial charge in [0, 0.05) is 18.6 Å². The maximum atomic E-state index is 5.99. The van der Waals surface area contributed by atoms with Crippen LogP contribution in [-0.2, 0) is 11.2 Å². The monoisotopic (exact) mass is 274 g/mol. The lowest BCUT2D eigenvalue weighted by Gasteiger charge is -2.21. The van der Waals surface area contributed by atoms with Gasteiger partial charge < -0.3 is 4.74 Å². The van der Waals surface area contributed by atoms with Crippen molar-refractivity contribution in [1.29, 1.82) is 0 Å². The summed E-state index contributed by atoms with van der Waals surface area (Å²) in [5.74, 6) is 6.07. The van der Waals surface area contributed by atoms with Crippen LogP contribution in [0.1, 0.15) is 12.0 Å². The topological polar surface area (TPSA) is 47.3 Å². The highest BCUT2D eigenvalue weighted by molar-refractivity contribution is 6.42. The van der Waals surface area contributed by atoms with E-state index in [4.69, 9.17) is 33.8 Å². The first-order valence-electron chi connectivity index (χ1n) is 5.68. The third kappa shape index (κ3) is 3.33. The third-order valence-electron chi connectivity index (χ3n) is 3.19. The molecule has 5 heteroatoms. The van der Waals surface area contributed by atoms with E-state index in [-0.39, 0.29) is 6.04 Å². The maximum absolute atomic E-state index is 5.99. The molecule has 2 unspecified atom stereocenters. The van der Waals surface area contributed by atoms with Gasteiger partial charge in [-0.05, 0) is 30.5 Å². The van der Waals surface area contributed by atoms with E-state index in [1.807, 2.05) is 18.2 Å². The van der Waals surface area contributed by atoms with Crippen LogP contribution < -0.4 is 11.3 Å². The molecule has 3 nitrogen and oxygen atoms in total. The number of benzene rings is 1. The van der Waals surface area contributed by atoms with Crippen LogP contribution in [0.25, 0.3) is 0 Å². The van der Waals surface area contributed by atoms with Crippen LogP contribution in [0.2, 0.25) is 10.0 Å². The molecule has 1 fully saturated rings. The third-order valence-corrected chi connectivity index (χ3v) is 3.93. The van der Waals surface area contributed by atoms with Gasteiger partial charge in [0.05, 0.1) is 16.7 Å². The Kier molecular flexibility index (Phi) is 4.65. The highest BCUT2D eigenvalue weighted by Crippen LogP contribution is 2.25. The van der Waals surface area contributed by atoms with E-state index in [1.165, 1.54) is 0 Å². The molecule has 0 bridgehead atoms. The fourth-order valence-corrected chi connectivity index (χ4v) is 2.47. The molecule has 2 atom stereocenters. The number of rotatable bonds is 4. The summed E-state index contributed by atoms with van der Waals surface area (Å²) in [6, 6.07) is 5.91. The molecule has 1 saturated heterocycles. The minimum Gasteiger partial charge on any atom is -0.381 e. The Morgan fingerprint density at radius 3 is 2.82 bits per heavy atom. The van der Waals surface area contributed by atoms with E-state index in [2.05, 4.69) is 5.43 Å². The molecule has 1 aromatic rings. The van der Waals surface area contributed by atoms with E-state index in [0.717, 1.165) is 31.6 Å². The molecule has 1 aliphatic rings. The van der Waals surface area contributed by atoms with Crippen molar-refractivity contribution < 1.29 is 4.74 Å². The Morgan fingerprint density at radius 1 is 1.41 bits per heavy atom. The number of halogens is 2. The Bertz CT molecular complexity index is 381. The van der Waals surface area contributed by atoms with Crippen molar-refractivity contribution in [3.05, 3.63) is 33.8 Å². The standard InChI is InChI=1S/C12H16Cl2N2O/c13-10-2-1-8(5-11(10)14)6-12(16-15)9-3-4-17-7-9/h1-2,5,9,12,16H,3-4,6-7,15H2. The van der Waals surface area contributed by atoms with Gasteiger partial charge in [-0.2, -0.15) is 0 Å². The number of hydrogen-bond acceptors (Lipinski definition) is 3. The highest BCUT2D eigenvalue weighted by atomic mass is 35.5. The van der Waals surface area contributed by atoms with E-state index in [0.29, 0.717) is 16.0 Å². The zero-order valence-corrected chi connectivity index (χ0v) is 11.0. The molecule has 17 heavy (non-hydrogen) atoms. The Morgan fingerprint density at radius 2 is 2.24 bits per heavy atom. The van der Waals surface area contributed by atoms with Gasteiger partial charge in [-0.3, -0.25) is 11.3 Å². The van der Waals surface area contributed by atoms with Crippen molar-refractivity contribution >= 4 is 23.2 Å². The lowest BCUT2D eigenvalue weighted by atomic mass is 9.93. The quantitative estimate of drug-likeness (QED) is 0.655. The van der Waals surface area contributed by atoms with E-state index in [9.17, 15) is 0 Å². The molecule has 0 radical (unpaired) electrons. The van der Waals surface area contributed by atoms with Crippen molar-refractivity contribution in [3.63, 3.8) is 0 Å².